The van der Waals surface area contributed by atoms with Crippen molar-refractivity contribution in [1.82, 2.24) is 5.32 Å². The van der Waals surface area contributed by atoms with Crippen molar-refractivity contribution in [3.8, 4) is 11.1 Å². The zero-order valence-corrected chi connectivity index (χ0v) is 20.0. The van der Waals surface area contributed by atoms with E-state index < -0.39 is 0 Å². The number of aliphatic hydroxyl groups excluding tert-OH is 1. The first kappa shape index (κ1) is 20.7. The van der Waals surface area contributed by atoms with Gasteiger partial charge in [-0.3, -0.25) is 4.79 Å². The molecule has 2 aromatic carbocycles. The van der Waals surface area contributed by atoms with E-state index in [1.807, 2.05) is 12.1 Å². The van der Waals surface area contributed by atoms with E-state index in [9.17, 15) is 14.7 Å². The smallest absolute Gasteiger partial charge is 0.337 e. The van der Waals surface area contributed by atoms with Crippen molar-refractivity contribution >= 4 is 11.8 Å². The van der Waals surface area contributed by atoms with Crippen LogP contribution in [0.5, 0.6) is 0 Å². The number of hydrogen-bond donors (Lipinski definition) is 2. The maximum atomic E-state index is 13.6. The van der Waals surface area contributed by atoms with Gasteiger partial charge in [0.15, 0.2) is 0 Å². The molecule has 35 heavy (non-hydrogen) atoms. The molecule has 180 valence electrons. The van der Waals surface area contributed by atoms with Crippen molar-refractivity contribution in [3.63, 3.8) is 0 Å². The summed E-state index contributed by atoms with van der Waals surface area (Å²) in [4.78, 5) is 26.1. The quantitative estimate of drug-likeness (QED) is 0.608. The molecule has 7 fully saturated rings. The van der Waals surface area contributed by atoms with Crippen molar-refractivity contribution in [2.45, 2.75) is 25.2 Å². The van der Waals surface area contributed by atoms with Crippen LogP contribution in [0.15, 0.2) is 42.5 Å². The van der Waals surface area contributed by atoms with E-state index in [1.54, 1.807) is 0 Å². The number of hydrogen-bond acceptors (Lipinski definition) is 5. The molecule has 0 amide bonds. The van der Waals surface area contributed by atoms with Crippen LogP contribution >= 0.6 is 0 Å². The second kappa shape index (κ2) is 6.63. The second-order valence-electron chi connectivity index (χ2n) is 12.0. The number of esters is 1. The lowest BCUT2D eigenvalue weighted by Crippen LogP contribution is -3.11. The van der Waals surface area contributed by atoms with Gasteiger partial charge in [-0.2, -0.15) is 0 Å². The van der Waals surface area contributed by atoms with Crippen LogP contribution in [0.3, 0.4) is 0 Å². The molecule has 0 spiro atoms. The fraction of sp³-hybridized carbons (Fsp3) is 0.533. The molecule has 0 bridgehead atoms. The lowest BCUT2D eigenvalue weighted by atomic mass is 8.92. The number of methoxy groups -OCH3 is 1. The van der Waals surface area contributed by atoms with Crippen molar-refractivity contribution in [3.05, 3.63) is 59.2 Å². The van der Waals surface area contributed by atoms with E-state index in [4.69, 9.17) is 4.74 Å². The van der Waals surface area contributed by atoms with Crippen LogP contribution in [0.4, 0.5) is 0 Å². The normalized spacial score (nSPS) is 40.9. The number of ether oxygens (including phenoxy) is 1. The van der Waals surface area contributed by atoms with Crippen LogP contribution < -0.4 is 5.32 Å². The summed E-state index contributed by atoms with van der Waals surface area (Å²) in [5, 5.41) is 13.3. The van der Waals surface area contributed by atoms with E-state index in [1.165, 1.54) is 12.7 Å². The van der Waals surface area contributed by atoms with Gasteiger partial charge in [0.2, 0.25) is 0 Å². The third kappa shape index (κ3) is 2.09. The lowest BCUT2D eigenvalue weighted by molar-refractivity contribution is -0.643. The van der Waals surface area contributed by atoms with Crippen LogP contribution in [0.1, 0.15) is 40.2 Å². The maximum absolute atomic E-state index is 13.6. The number of aliphatic hydroxyl groups is 1. The molecular formula is C30H31NO4. The lowest BCUT2D eigenvalue weighted by Gasteiger charge is -3.11. The van der Waals surface area contributed by atoms with Gasteiger partial charge in [0.1, 0.15) is 5.78 Å². The molecule has 6 aliphatic carbocycles. The van der Waals surface area contributed by atoms with Gasteiger partial charge in [0, 0.05) is 23.9 Å². The molecular weight excluding hydrogens is 438 g/mol. The minimum atomic E-state index is -0.367. The Kier molecular flexibility index (Phi) is 3.91. The Morgan fingerprint density at radius 2 is 1.60 bits per heavy atom. The Morgan fingerprint density at radius 1 is 0.943 bits per heavy atom. The van der Waals surface area contributed by atoms with Crippen molar-refractivity contribution in [2.24, 2.45) is 46.3 Å². The second-order valence-corrected chi connectivity index (χ2v) is 12.0. The van der Waals surface area contributed by atoms with Crippen LogP contribution in [0.25, 0.3) is 11.1 Å². The molecule has 2 aromatic rings. The molecule has 0 atom stereocenters. The van der Waals surface area contributed by atoms with E-state index in [-0.39, 0.29) is 16.8 Å². The molecule has 1 heterocycles. The van der Waals surface area contributed by atoms with Gasteiger partial charge in [-0.05, 0) is 102 Å². The molecule has 1 aliphatic heterocycles. The summed E-state index contributed by atoms with van der Waals surface area (Å²) in [5.41, 5.74) is 4.93. The summed E-state index contributed by atoms with van der Waals surface area (Å²) in [5.74, 6) is 4.05. The molecule has 0 aromatic heterocycles. The zero-order chi connectivity index (χ0) is 23.7. The van der Waals surface area contributed by atoms with Crippen LogP contribution in [-0.2, 0) is 16.0 Å². The summed E-state index contributed by atoms with van der Waals surface area (Å²) in [6.07, 6.45) is 2.71. The van der Waals surface area contributed by atoms with Crippen molar-refractivity contribution < 1.29 is 19.4 Å². The maximum Gasteiger partial charge on any atom is 0.337 e. The average Bonchev–Trinajstić information content (AvgIpc) is 2.92. The SMILES string of the molecule is COC(=O)c1cc(CC(=O)C23C4C5C2C2C3C4C52CO)cc(-c2ccc(C3CCNCC3)cc2)c1. The topological polar surface area (TPSA) is 75.6 Å². The van der Waals surface area contributed by atoms with Gasteiger partial charge in [-0.25, -0.2) is 4.79 Å². The van der Waals surface area contributed by atoms with Gasteiger partial charge in [0.25, 0.3) is 0 Å². The fourth-order valence-electron chi connectivity index (χ4n) is 10.3. The average molecular weight is 470 g/mol. The molecule has 0 radical (unpaired) electrons. The molecule has 2 N–H and O–H groups in total. The minimum absolute atomic E-state index is 0.0884. The van der Waals surface area contributed by atoms with Crippen LogP contribution in [0.2, 0.25) is 0 Å². The number of Topliss-reactive ketones (excluding diaryl/α,β-unsaturated/α-hetero) is 1. The molecule has 0 unspecified atom stereocenters. The Bertz CT molecular complexity index is 1220. The highest BCUT2D eigenvalue weighted by Crippen LogP contribution is 3.10. The monoisotopic (exact) mass is 469 g/mol. The van der Waals surface area contributed by atoms with Crippen molar-refractivity contribution in [1.29, 1.82) is 0 Å². The van der Waals surface area contributed by atoms with Gasteiger partial charge in [-0.1, -0.05) is 30.3 Å². The summed E-state index contributed by atoms with van der Waals surface area (Å²) >= 11 is 0. The molecule has 9 rings (SSSR count). The number of carbonyl (C=O) groups is 2. The first-order valence-corrected chi connectivity index (χ1v) is 13.2. The Morgan fingerprint density at radius 3 is 2.20 bits per heavy atom. The predicted molar refractivity (Wildman–Crippen MR) is 130 cm³/mol. The summed E-state index contributed by atoms with van der Waals surface area (Å²) in [6.45, 7) is 2.46. The van der Waals surface area contributed by atoms with E-state index >= 15 is 0 Å². The largest absolute Gasteiger partial charge is 0.465 e. The Balaban J connectivity index is 1.06. The van der Waals surface area contributed by atoms with Gasteiger partial charge < -0.3 is 15.2 Å². The van der Waals surface area contributed by atoms with E-state index in [0.717, 1.165) is 42.6 Å². The highest BCUT2D eigenvalue weighted by Gasteiger charge is 3.10. The number of ketones is 1. The van der Waals surface area contributed by atoms with E-state index in [0.29, 0.717) is 65.8 Å². The number of carbonyl (C=O) groups excluding carboxylic acids is 2. The third-order valence-corrected chi connectivity index (χ3v) is 11.4. The van der Waals surface area contributed by atoms with Gasteiger partial charge >= 0.3 is 5.97 Å². The number of piperidine rings is 1. The first-order valence-electron chi connectivity index (χ1n) is 13.2. The molecule has 5 nitrogen and oxygen atoms in total. The fourth-order valence-corrected chi connectivity index (χ4v) is 10.3. The molecule has 5 heteroatoms. The molecule has 1 saturated heterocycles. The Hall–Kier alpha value is -2.50. The number of rotatable bonds is 7. The van der Waals surface area contributed by atoms with E-state index in [2.05, 4.69) is 35.6 Å². The molecule has 7 aliphatic rings. The zero-order valence-electron chi connectivity index (χ0n) is 20.0. The standard InChI is InChI=1S/C30H31NO4/c1-35-28(34)20-11-15(10-19(13-20)17-4-2-16(3-5-17)18-6-8-31-9-7-18)12-21(33)30-25-22-26(30)24-27(30)23(25)29(22,24)14-32/h2-5,10-11,13,18,22-27,31-32H,6-9,12,14H2,1H3. The van der Waals surface area contributed by atoms with Crippen LogP contribution in [-0.4, -0.2) is 43.7 Å². The summed E-state index contributed by atoms with van der Waals surface area (Å²) in [7, 11) is 1.40. The number of benzene rings is 2. The summed E-state index contributed by atoms with van der Waals surface area (Å²) in [6, 6.07) is 14.5. The van der Waals surface area contributed by atoms with Gasteiger partial charge in [0.05, 0.1) is 12.7 Å². The minimum Gasteiger partial charge on any atom is -0.465 e. The highest BCUT2D eigenvalue weighted by molar-refractivity contribution is 5.96. The summed E-state index contributed by atoms with van der Waals surface area (Å²) < 4.78 is 5.03. The molecule has 6 saturated carbocycles. The number of nitrogens with one attached hydrogen (secondary N) is 1. The highest BCUT2D eigenvalue weighted by atomic mass is 16.5. The predicted octanol–water partition coefficient (Wildman–Crippen LogP) is 3.45. The first-order chi connectivity index (χ1) is 17.1. The van der Waals surface area contributed by atoms with Gasteiger partial charge in [-0.15, -0.1) is 0 Å². The van der Waals surface area contributed by atoms with Crippen molar-refractivity contribution in [2.75, 3.05) is 26.8 Å². The van der Waals surface area contributed by atoms with Crippen LogP contribution in [0, 0.1) is 46.3 Å². The third-order valence-electron chi connectivity index (χ3n) is 11.4. The Labute approximate surface area is 205 Å².